The molecule has 1 atom stereocenters. The van der Waals surface area contributed by atoms with Crippen LogP contribution in [0.15, 0.2) is 36.5 Å². The van der Waals surface area contributed by atoms with Gasteiger partial charge in [0.25, 0.3) is 5.91 Å². The van der Waals surface area contributed by atoms with E-state index in [1.54, 1.807) is 4.90 Å². The summed E-state index contributed by atoms with van der Waals surface area (Å²) in [4.78, 5) is 14.4. The summed E-state index contributed by atoms with van der Waals surface area (Å²) in [5.41, 5.74) is 2.72. The van der Waals surface area contributed by atoms with E-state index >= 15 is 0 Å². The van der Waals surface area contributed by atoms with Crippen molar-refractivity contribution in [1.82, 2.24) is 15.1 Å². The van der Waals surface area contributed by atoms with Crippen LogP contribution in [0.2, 0.25) is 0 Å². The number of hydrogen-bond acceptors (Lipinski definition) is 3. The molecule has 5 nitrogen and oxygen atoms in total. The number of aryl methyl sites for hydroxylation is 1. The van der Waals surface area contributed by atoms with Crippen LogP contribution >= 0.6 is 0 Å². The van der Waals surface area contributed by atoms with Gasteiger partial charge in [0.1, 0.15) is 0 Å². The van der Waals surface area contributed by atoms with Gasteiger partial charge in [0.15, 0.2) is 5.69 Å². The maximum absolute atomic E-state index is 12.7. The number of nitrogens with zero attached hydrogens (tertiary/aromatic N) is 3. The van der Waals surface area contributed by atoms with Crippen LogP contribution < -0.4 is 10.2 Å². The molecule has 0 radical (unpaired) electrons. The molecular weight excluding hydrogens is 312 g/mol. The Morgan fingerprint density at radius 2 is 2.12 bits per heavy atom. The van der Waals surface area contributed by atoms with Crippen molar-refractivity contribution in [2.24, 2.45) is 0 Å². The lowest BCUT2D eigenvalue weighted by Gasteiger charge is -2.23. The van der Waals surface area contributed by atoms with E-state index in [2.05, 4.69) is 29.5 Å². The molecule has 25 heavy (non-hydrogen) atoms. The first-order valence-electron chi connectivity index (χ1n) is 9.32. The van der Waals surface area contributed by atoms with Gasteiger partial charge < -0.3 is 10.2 Å². The van der Waals surface area contributed by atoms with Crippen LogP contribution in [-0.2, 0) is 6.42 Å². The molecule has 2 aromatic rings. The summed E-state index contributed by atoms with van der Waals surface area (Å²) >= 11 is 0. The molecule has 1 N–H and O–H groups in total. The summed E-state index contributed by atoms with van der Waals surface area (Å²) < 4.78 is 1.93. The molecule has 1 aliphatic rings. The Hall–Kier alpha value is -2.14. The Bertz CT molecular complexity index is 686. The molecule has 134 valence electrons. The third-order valence-electron chi connectivity index (χ3n) is 4.92. The van der Waals surface area contributed by atoms with Crippen LogP contribution in [-0.4, -0.2) is 35.8 Å². The Morgan fingerprint density at radius 3 is 2.80 bits per heavy atom. The Balaban J connectivity index is 1.66. The van der Waals surface area contributed by atoms with E-state index < -0.39 is 0 Å². The van der Waals surface area contributed by atoms with E-state index in [0.29, 0.717) is 11.7 Å². The highest BCUT2D eigenvalue weighted by Crippen LogP contribution is 2.19. The lowest BCUT2D eigenvalue weighted by Crippen LogP contribution is -2.32. The van der Waals surface area contributed by atoms with Crippen LogP contribution in [0.4, 0.5) is 5.69 Å². The summed E-state index contributed by atoms with van der Waals surface area (Å²) in [5, 5.41) is 7.91. The van der Waals surface area contributed by atoms with Gasteiger partial charge in [0.05, 0.1) is 6.04 Å². The second-order valence-electron chi connectivity index (χ2n) is 6.82. The number of unbranched alkanes of at least 4 members (excludes halogenated alkanes) is 1. The van der Waals surface area contributed by atoms with Crippen molar-refractivity contribution in [3.05, 3.63) is 47.8 Å². The van der Waals surface area contributed by atoms with E-state index in [-0.39, 0.29) is 5.91 Å². The second kappa shape index (κ2) is 8.30. The fraction of sp³-hybridized carbons (Fsp3) is 0.500. The summed E-state index contributed by atoms with van der Waals surface area (Å²) in [7, 11) is 1.81. The van der Waals surface area contributed by atoms with Gasteiger partial charge in [-0.2, -0.15) is 5.10 Å². The van der Waals surface area contributed by atoms with Crippen molar-refractivity contribution in [1.29, 1.82) is 0 Å². The fourth-order valence-corrected chi connectivity index (χ4v) is 3.27. The molecule has 1 amide bonds. The topological polar surface area (TPSA) is 50.2 Å². The van der Waals surface area contributed by atoms with Gasteiger partial charge in [-0.15, -0.1) is 0 Å². The number of amides is 1. The predicted molar refractivity (Wildman–Crippen MR) is 101 cm³/mol. The number of hydrogen-bond donors (Lipinski definition) is 1. The van der Waals surface area contributed by atoms with Crippen LogP contribution in [0.25, 0.3) is 0 Å². The minimum Gasteiger partial charge on any atom is -0.315 e. The highest BCUT2D eigenvalue weighted by molar-refractivity contribution is 6.04. The molecular formula is C20H28N4O. The van der Waals surface area contributed by atoms with E-state index in [1.165, 1.54) is 18.4 Å². The van der Waals surface area contributed by atoms with Crippen LogP contribution in [0.3, 0.4) is 0 Å². The molecule has 0 aliphatic carbocycles. The van der Waals surface area contributed by atoms with E-state index in [9.17, 15) is 4.79 Å². The van der Waals surface area contributed by atoms with Gasteiger partial charge in [0, 0.05) is 25.5 Å². The fourth-order valence-electron chi connectivity index (χ4n) is 3.27. The number of carbonyl (C=O) groups is 1. The zero-order valence-electron chi connectivity index (χ0n) is 15.2. The Labute approximate surface area is 150 Å². The van der Waals surface area contributed by atoms with Crippen molar-refractivity contribution >= 4 is 11.6 Å². The number of aromatic nitrogens is 2. The number of nitrogens with one attached hydrogen (secondary N) is 1. The lowest BCUT2D eigenvalue weighted by atomic mass is 10.1. The summed E-state index contributed by atoms with van der Waals surface area (Å²) in [6.45, 7) is 4.19. The van der Waals surface area contributed by atoms with Gasteiger partial charge in [-0.3, -0.25) is 9.48 Å². The smallest absolute Gasteiger partial charge is 0.278 e. The minimum absolute atomic E-state index is 0.0659. The number of rotatable bonds is 6. The molecule has 0 spiro atoms. The molecule has 1 aliphatic heterocycles. The normalized spacial score (nSPS) is 17.4. The molecule has 1 aromatic carbocycles. The minimum atomic E-state index is -0.0659. The molecule has 2 heterocycles. The molecule has 0 saturated carbocycles. The zero-order valence-corrected chi connectivity index (χ0v) is 15.2. The lowest BCUT2D eigenvalue weighted by molar-refractivity contribution is 0.0987. The summed E-state index contributed by atoms with van der Waals surface area (Å²) in [6.07, 6.45) is 7.66. The molecule has 1 unspecified atom stereocenters. The quantitative estimate of drug-likeness (QED) is 0.876. The molecule has 3 rings (SSSR count). The second-order valence-corrected chi connectivity index (χ2v) is 6.82. The average Bonchev–Trinajstić information content (AvgIpc) is 3.16. The molecule has 5 heteroatoms. The van der Waals surface area contributed by atoms with Gasteiger partial charge in [-0.1, -0.05) is 25.5 Å². The largest absolute Gasteiger partial charge is 0.315 e. The van der Waals surface area contributed by atoms with Gasteiger partial charge in [0.2, 0.25) is 0 Å². The highest BCUT2D eigenvalue weighted by atomic mass is 16.2. The van der Waals surface area contributed by atoms with Crippen LogP contribution in [0, 0.1) is 0 Å². The SMILES string of the molecule is CCCCc1ccc(N(C)C(=O)c2ccn(C3CCCNC3)n2)cc1. The van der Waals surface area contributed by atoms with Crippen molar-refractivity contribution < 1.29 is 4.79 Å². The average molecular weight is 340 g/mol. The third-order valence-corrected chi connectivity index (χ3v) is 4.92. The first-order valence-corrected chi connectivity index (χ1v) is 9.32. The summed E-state index contributed by atoms with van der Waals surface area (Å²) in [5.74, 6) is -0.0659. The van der Waals surface area contributed by atoms with E-state index in [0.717, 1.165) is 38.0 Å². The first-order chi connectivity index (χ1) is 12.2. The standard InChI is InChI=1S/C20H28N4O/c1-3-4-6-16-8-10-17(11-9-16)23(2)20(25)19-12-14-24(22-19)18-7-5-13-21-15-18/h8-12,14,18,21H,3-7,13,15H2,1-2H3. The predicted octanol–water partition coefficient (Wildman–Crippen LogP) is 3.43. The van der Waals surface area contributed by atoms with Crippen molar-refractivity contribution in [2.75, 3.05) is 25.0 Å². The van der Waals surface area contributed by atoms with Crippen LogP contribution in [0.5, 0.6) is 0 Å². The molecule has 1 fully saturated rings. The number of carbonyl (C=O) groups excluding carboxylic acids is 1. The third kappa shape index (κ3) is 4.28. The first kappa shape index (κ1) is 17.7. The number of piperidine rings is 1. The summed E-state index contributed by atoms with van der Waals surface area (Å²) in [6, 6.07) is 10.4. The number of anilines is 1. The molecule has 0 bridgehead atoms. The van der Waals surface area contributed by atoms with Crippen molar-refractivity contribution in [2.45, 2.75) is 45.1 Å². The zero-order chi connectivity index (χ0) is 17.6. The monoisotopic (exact) mass is 340 g/mol. The van der Waals surface area contributed by atoms with E-state index in [1.807, 2.05) is 36.1 Å². The Kier molecular flexibility index (Phi) is 5.87. The highest BCUT2D eigenvalue weighted by Gasteiger charge is 2.20. The molecule has 1 aromatic heterocycles. The van der Waals surface area contributed by atoms with Gasteiger partial charge in [-0.05, 0) is 56.0 Å². The van der Waals surface area contributed by atoms with Gasteiger partial charge >= 0.3 is 0 Å². The maximum atomic E-state index is 12.7. The molecule has 1 saturated heterocycles. The van der Waals surface area contributed by atoms with Crippen molar-refractivity contribution in [3.63, 3.8) is 0 Å². The maximum Gasteiger partial charge on any atom is 0.278 e. The van der Waals surface area contributed by atoms with Crippen LogP contribution in [0.1, 0.15) is 54.7 Å². The van der Waals surface area contributed by atoms with E-state index in [4.69, 9.17) is 0 Å². The van der Waals surface area contributed by atoms with Crippen molar-refractivity contribution in [3.8, 4) is 0 Å². The van der Waals surface area contributed by atoms with Gasteiger partial charge in [-0.25, -0.2) is 0 Å². The number of benzene rings is 1. The Morgan fingerprint density at radius 1 is 1.32 bits per heavy atom.